The van der Waals surface area contributed by atoms with Crippen molar-refractivity contribution in [2.45, 2.75) is 32.9 Å². The van der Waals surface area contributed by atoms with Gasteiger partial charge in [0.2, 0.25) is 0 Å². The van der Waals surface area contributed by atoms with Crippen LogP contribution in [0.2, 0.25) is 0 Å². The summed E-state index contributed by atoms with van der Waals surface area (Å²) < 4.78 is 0. The average Bonchev–Trinajstić information content (AvgIpc) is 2.01. The Morgan fingerprint density at radius 2 is 2.07 bits per heavy atom. The number of nitrogens with one attached hydrogen (secondary N) is 1. The smallest absolute Gasteiger partial charge is 0.115 e. The lowest BCUT2D eigenvalue weighted by molar-refractivity contribution is -0.0757. The lowest BCUT2D eigenvalue weighted by atomic mass is 10.2. The van der Waals surface area contributed by atoms with Gasteiger partial charge in [-0.1, -0.05) is 12.1 Å². The molecule has 0 radical (unpaired) electrons. The highest BCUT2D eigenvalue weighted by Crippen LogP contribution is 2.11. The number of hydrogen-bond donors (Lipinski definition) is 2. The van der Waals surface area contributed by atoms with Crippen LogP contribution in [0.4, 0.5) is 0 Å². The third-order valence-electron chi connectivity index (χ3n) is 1.57. The maximum absolute atomic E-state index is 9.20. The lowest BCUT2D eigenvalue weighted by Crippen LogP contribution is -2.28. The van der Waals surface area contributed by atoms with E-state index in [9.17, 15) is 5.11 Å². The Labute approximate surface area is 84.7 Å². The fraction of sp³-hybridized carbons (Fsp3) is 0.455. The first kappa shape index (κ1) is 11.0. The molecule has 78 valence electrons. The molecule has 0 saturated carbocycles. The second-order valence-electron chi connectivity index (χ2n) is 4.21. The number of hydroxylamine groups is 1. The molecule has 1 rings (SSSR count). The first-order valence-corrected chi connectivity index (χ1v) is 4.66. The van der Waals surface area contributed by atoms with Crippen LogP contribution in [0.25, 0.3) is 0 Å². The summed E-state index contributed by atoms with van der Waals surface area (Å²) in [5.74, 6) is 0.278. The molecule has 0 atom stereocenters. The van der Waals surface area contributed by atoms with Crippen molar-refractivity contribution in [1.82, 2.24) is 5.48 Å². The summed E-state index contributed by atoms with van der Waals surface area (Å²) in [5.41, 5.74) is 3.65. The predicted octanol–water partition coefficient (Wildman–Crippen LogP) is 2.21. The van der Waals surface area contributed by atoms with Crippen molar-refractivity contribution < 1.29 is 9.94 Å². The normalized spacial score (nSPS) is 11.6. The zero-order valence-electron chi connectivity index (χ0n) is 8.87. The molecule has 0 aliphatic carbocycles. The quantitative estimate of drug-likeness (QED) is 0.726. The van der Waals surface area contributed by atoms with Gasteiger partial charge in [0.05, 0.1) is 5.60 Å². The molecule has 1 aromatic rings. The Balaban J connectivity index is 2.39. The maximum atomic E-state index is 9.20. The van der Waals surface area contributed by atoms with Gasteiger partial charge >= 0.3 is 0 Å². The van der Waals surface area contributed by atoms with Crippen molar-refractivity contribution >= 4 is 0 Å². The van der Waals surface area contributed by atoms with Crippen molar-refractivity contribution in [3.8, 4) is 5.75 Å². The molecular formula is C11H17NO2. The molecule has 0 amide bonds. The molecule has 0 unspecified atom stereocenters. The van der Waals surface area contributed by atoms with Crippen LogP contribution in [-0.2, 0) is 11.4 Å². The van der Waals surface area contributed by atoms with E-state index in [1.165, 1.54) is 0 Å². The van der Waals surface area contributed by atoms with Gasteiger partial charge in [0.15, 0.2) is 0 Å². The van der Waals surface area contributed by atoms with E-state index in [1.54, 1.807) is 12.1 Å². The largest absolute Gasteiger partial charge is 0.508 e. The third kappa shape index (κ3) is 4.25. The number of phenolic OH excluding ortho intramolecular Hbond substituents is 1. The standard InChI is InChI=1S/C11H17NO2/c1-11(2,3)14-12-8-9-5-4-6-10(13)7-9/h4-7,12-13H,8H2,1-3H3. The van der Waals surface area contributed by atoms with Crippen LogP contribution in [0.1, 0.15) is 26.3 Å². The maximum Gasteiger partial charge on any atom is 0.115 e. The number of hydrogen-bond acceptors (Lipinski definition) is 3. The first-order valence-electron chi connectivity index (χ1n) is 4.66. The highest BCUT2D eigenvalue weighted by atomic mass is 16.7. The first-order chi connectivity index (χ1) is 6.47. The van der Waals surface area contributed by atoms with E-state index < -0.39 is 0 Å². The van der Waals surface area contributed by atoms with Gasteiger partial charge in [-0.2, -0.15) is 5.48 Å². The van der Waals surface area contributed by atoms with Crippen molar-refractivity contribution in [3.05, 3.63) is 29.8 Å². The van der Waals surface area contributed by atoms with E-state index in [4.69, 9.17) is 4.84 Å². The van der Waals surface area contributed by atoms with E-state index in [2.05, 4.69) is 5.48 Å². The molecule has 0 fully saturated rings. The molecule has 0 bridgehead atoms. The van der Waals surface area contributed by atoms with E-state index in [1.807, 2.05) is 32.9 Å². The summed E-state index contributed by atoms with van der Waals surface area (Å²) in [4.78, 5) is 5.34. The van der Waals surface area contributed by atoms with Crippen molar-refractivity contribution in [2.24, 2.45) is 0 Å². The summed E-state index contributed by atoms with van der Waals surface area (Å²) in [6.45, 7) is 6.51. The summed E-state index contributed by atoms with van der Waals surface area (Å²) in [6, 6.07) is 7.09. The zero-order valence-corrected chi connectivity index (χ0v) is 8.87. The van der Waals surface area contributed by atoms with Crippen LogP contribution in [0.15, 0.2) is 24.3 Å². The third-order valence-corrected chi connectivity index (χ3v) is 1.57. The van der Waals surface area contributed by atoms with E-state index >= 15 is 0 Å². The molecule has 2 N–H and O–H groups in total. The summed E-state index contributed by atoms with van der Waals surface area (Å²) in [5, 5.41) is 9.20. The molecule has 0 spiro atoms. The van der Waals surface area contributed by atoms with Crippen LogP contribution >= 0.6 is 0 Å². The highest BCUT2D eigenvalue weighted by molar-refractivity contribution is 5.26. The SMILES string of the molecule is CC(C)(C)ONCc1cccc(O)c1. The summed E-state index contributed by atoms with van der Waals surface area (Å²) >= 11 is 0. The Morgan fingerprint density at radius 1 is 1.36 bits per heavy atom. The second kappa shape index (κ2) is 4.44. The number of aromatic hydroxyl groups is 1. The minimum atomic E-state index is -0.198. The summed E-state index contributed by atoms with van der Waals surface area (Å²) in [6.07, 6.45) is 0. The number of rotatable bonds is 3. The van der Waals surface area contributed by atoms with Crippen LogP contribution in [0.3, 0.4) is 0 Å². The van der Waals surface area contributed by atoms with Gasteiger partial charge in [-0.25, -0.2) is 0 Å². The minimum Gasteiger partial charge on any atom is -0.508 e. The van der Waals surface area contributed by atoms with Gasteiger partial charge < -0.3 is 5.11 Å². The topological polar surface area (TPSA) is 41.5 Å². The molecule has 3 heteroatoms. The van der Waals surface area contributed by atoms with E-state index in [0.29, 0.717) is 6.54 Å². The molecule has 14 heavy (non-hydrogen) atoms. The molecule has 0 aliphatic heterocycles. The Kier molecular flexibility index (Phi) is 3.49. The van der Waals surface area contributed by atoms with Crippen LogP contribution < -0.4 is 5.48 Å². The Hall–Kier alpha value is -1.06. The van der Waals surface area contributed by atoms with Crippen molar-refractivity contribution in [3.63, 3.8) is 0 Å². The lowest BCUT2D eigenvalue weighted by Gasteiger charge is -2.19. The van der Waals surface area contributed by atoms with Crippen molar-refractivity contribution in [2.75, 3.05) is 0 Å². The van der Waals surface area contributed by atoms with Gasteiger partial charge in [-0.05, 0) is 38.5 Å². The fourth-order valence-electron chi connectivity index (χ4n) is 1.00. The molecular weight excluding hydrogens is 178 g/mol. The summed E-state index contributed by atoms with van der Waals surface area (Å²) in [7, 11) is 0. The zero-order chi connectivity index (χ0) is 10.6. The fourth-order valence-corrected chi connectivity index (χ4v) is 1.00. The van der Waals surface area contributed by atoms with Crippen LogP contribution in [0.5, 0.6) is 5.75 Å². The molecule has 1 aromatic carbocycles. The number of benzene rings is 1. The number of phenols is 1. The van der Waals surface area contributed by atoms with Gasteiger partial charge in [-0.15, -0.1) is 0 Å². The molecule has 0 aromatic heterocycles. The van der Waals surface area contributed by atoms with Gasteiger partial charge in [-0.3, -0.25) is 4.84 Å². The van der Waals surface area contributed by atoms with Gasteiger partial charge in [0, 0.05) is 6.54 Å². The minimum absolute atomic E-state index is 0.198. The van der Waals surface area contributed by atoms with Crippen LogP contribution in [0, 0.1) is 0 Å². The molecule has 0 aliphatic rings. The predicted molar refractivity (Wildman–Crippen MR) is 55.8 cm³/mol. The average molecular weight is 195 g/mol. The van der Waals surface area contributed by atoms with Crippen molar-refractivity contribution in [1.29, 1.82) is 0 Å². The Bertz CT molecular complexity index is 292. The van der Waals surface area contributed by atoms with E-state index in [-0.39, 0.29) is 11.4 Å². The molecule has 0 saturated heterocycles. The highest BCUT2D eigenvalue weighted by Gasteiger charge is 2.09. The Morgan fingerprint density at radius 3 is 2.64 bits per heavy atom. The molecule has 0 heterocycles. The second-order valence-corrected chi connectivity index (χ2v) is 4.21. The van der Waals surface area contributed by atoms with Gasteiger partial charge in [0.1, 0.15) is 5.75 Å². The van der Waals surface area contributed by atoms with E-state index in [0.717, 1.165) is 5.56 Å². The monoisotopic (exact) mass is 195 g/mol. The molecule has 3 nitrogen and oxygen atoms in total. The van der Waals surface area contributed by atoms with Gasteiger partial charge in [0.25, 0.3) is 0 Å². The van der Waals surface area contributed by atoms with Crippen LogP contribution in [-0.4, -0.2) is 10.7 Å².